The summed E-state index contributed by atoms with van der Waals surface area (Å²) in [6.07, 6.45) is -0.887. The van der Waals surface area contributed by atoms with E-state index >= 15 is 0 Å². The summed E-state index contributed by atoms with van der Waals surface area (Å²) in [5, 5.41) is 0. The lowest BCUT2D eigenvalue weighted by Crippen LogP contribution is -2.45. The summed E-state index contributed by atoms with van der Waals surface area (Å²) in [6, 6.07) is 15.8. The smallest absolute Gasteiger partial charge is 0.349 e. The maximum absolute atomic E-state index is 13.5. The Balaban J connectivity index is 1.90. The second-order valence-corrected chi connectivity index (χ2v) is 8.20. The van der Waals surface area contributed by atoms with E-state index in [1.165, 1.54) is 12.1 Å². The first kappa shape index (κ1) is 22.1. The van der Waals surface area contributed by atoms with Crippen LogP contribution in [-0.2, 0) is 29.4 Å². The van der Waals surface area contributed by atoms with Crippen molar-refractivity contribution in [3.05, 3.63) is 71.5 Å². The van der Waals surface area contributed by atoms with E-state index in [9.17, 15) is 8.96 Å². The van der Waals surface area contributed by atoms with Gasteiger partial charge in [0.2, 0.25) is 0 Å². The van der Waals surface area contributed by atoms with Gasteiger partial charge in [0.25, 0.3) is 0 Å². The van der Waals surface area contributed by atoms with Crippen molar-refractivity contribution in [1.82, 2.24) is 4.90 Å². The molecule has 6 nitrogen and oxygen atoms in total. The maximum Gasteiger partial charge on any atom is 0.477 e. The van der Waals surface area contributed by atoms with Crippen LogP contribution in [0.3, 0.4) is 0 Å². The molecule has 0 saturated carbocycles. The van der Waals surface area contributed by atoms with Crippen LogP contribution in [0.4, 0.5) is 4.39 Å². The van der Waals surface area contributed by atoms with Gasteiger partial charge in [-0.05, 0) is 37.1 Å². The number of phosphoric acid groups is 1. The predicted molar refractivity (Wildman–Crippen MR) is 108 cm³/mol. The number of hydrogen-bond donors (Lipinski definition) is 0. The second-order valence-electron chi connectivity index (χ2n) is 6.58. The summed E-state index contributed by atoms with van der Waals surface area (Å²) in [4.78, 5) is 2.17. The quantitative estimate of drug-likeness (QED) is 0.534. The first-order valence-corrected chi connectivity index (χ1v) is 11.2. The van der Waals surface area contributed by atoms with E-state index in [-0.39, 0.29) is 19.0 Å². The summed E-state index contributed by atoms with van der Waals surface area (Å²) in [6.45, 7) is 5.47. The van der Waals surface area contributed by atoms with Crippen molar-refractivity contribution in [2.45, 2.75) is 32.7 Å². The molecule has 2 aromatic carbocycles. The van der Waals surface area contributed by atoms with Crippen LogP contribution in [0.2, 0.25) is 0 Å². The summed E-state index contributed by atoms with van der Waals surface area (Å²) in [7, 11) is -3.79. The molecule has 0 unspecified atom stereocenters. The molecule has 2 aromatic rings. The van der Waals surface area contributed by atoms with E-state index in [1.807, 2.05) is 30.3 Å². The summed E-state index contributed by atoms with van der Waals surface area (Å²) in [5.41, 5.74) is 1.92. The van der Waals surface area contributed by atoms with Gasteiger partial charge >= 0.3 is 7.82 Å². The molecule has 1 aliphatic rings. The third-order valence-corrected chi connectivity index (χ3v) is 6.17. The summed E-state index contributed by atoms with van der Waals surface area (Å²) >= 11 is 0. The zero-order valence-electron chi connectivity index (χ0n) is 16.7. The Labute approximate surface area is 171 Å². The Bertz CT molecular complexity index is 794. The molecule has 3 rings (SSSR count). The number of ether oxygens (including phenoxy) is 1. The molecule has 1 saturated heterocycles. The standard InChI is InChI=1S/C21H27FNO5P/c1-3-26-29(24,27-4-2)28-21-20(18-10-12-19(22)13-11-18)23(14-15-25-21)16-17-8-6-5-7-9-17/h5-13,20-21H,3-4,14-16H2,1-2H3/t20-,21-/m0/s1. The average molecular weight is 423 g/mol. The molecule has 0 N–H and O–H groups in total. The highest BCUT2D eigenvalue weighted by molar-refractivity contribution is 7.48. The third kappa shape index (κ3) is 5.95. The average Bonchev–Trinajstić information content (AvgIpc) is 2.70. The van der Waals surface area contributed by atoms with E-state index in [0.29, 0.717) is 19.7 Å². The Kier molecular flexibility index (Phi) is 7.95. The normalized spacial score (nSPS) is 20.7. The highest BCUT2D eigenvalue weighted by atomic mass is 31.2. The van der Waals surface area contributed by atoms with Gasteiger partial charge in [-0.3, -0.25) is 18.5 Å². The molecule has 29 heavy (non-hydrogen) atoms. The molecule has 2 atom stereocenters. The van der Waals surface area contributed by atoms with E-state index in [2.05, 4.69) is 4.90 Å². The van der Waals surface area contributed by atoms with Crippen LogP contribution in [0.1, 0.15) is 31.0 Å². The fraction of sp³-hybridized carbons (Fsp3) is 0.429. The van der Waals surface area contributed by atoms with Gasteiger partial charge in [-0.2, -0.15) is 0 Å². The molecule has 0 aliphatic carbocycles. The lowest BCUT2D eigenvalue weighted by molar-refractivity contribution is -0.179. The van der Waals surface area contributed by atoms with Crippen LogP contribution >= 0.6 is 7.82 Å². The Hall–Kier alpha value is -1.60. The number of morpholine rings is 1. The minimum Gasteiger partial charge on any atom is -0.349 e. The number of rotatable bonds is 9. The van der Waals surface area contributed by atoms with Crippen LogP contribution < -0.4 is 0 Å². The Morgan fingerprint density at radius 2 is 1.72 bits per heavy atom. The lowest BCUT2D eigenvalue weighted by atomic mass is 10.0. The monoisotopic (exact) mass is 423 g/mol. The van der Waals surface area contributed by atoms with Crippen molar-refractivity contribution in [3.63, 3.8) is 0 Å². The number of hydrogen-bond acceptors (Lipinski definition) is 6. The van der Waals surface area contributed by atoms with Crippen molar-refractivity contribution < 1.29 is 27.3 Å². The molecule has 0 radical (unpaired) electrons. The third-order valence-electron chi connectivity index (χ3n) is 4.56. The minimum atomic E-state index is -3.79. The number of benzene rings is 2. The highest BCUT2D eigenvalue weighted by Crippen LogP contribution is 2.52. The largest absolute Gasteiger partial charge is 0.477 e. The van der Waals surface area contributed by atoms with E-state index in [1.54, 1.807) is 26.0 Å². The first-order chi connectivity index (χ1) is 14.0. The van der Waals surface area contributed by atoms with Crippen LogP contribution in [0.15, 0.2) is 54.6 Å². The van der Waals surface area contributed by atoms with Gasteiger partial charge in [-0.25, -0.2) is 8.96 Å². The molecule has 1 heterocycles. The van der Waals surface area contributed by atoms with Crippen molar-refractivity contribution in [1.29, 1.82) is 0 Å². The van der Waals surface area contributed by atoms with Gasteiger partial charge in [0, 0.05) is 13.1 Å². The lowest BCUT2D eigenvalue weighted by Gasteiger charge is -2.41. The topological polar surface area (TPSA) is 57.2 Å². The molecule has 0 spiro atoms. The minimum absolute atomic E-state index is 0.180. The van der Waals surface area contributed by atoms with Crippen molar-refractivity contribution in [2.75, 3.05) is 26.4 Å². The van der Waals surface area contributed by atoms with Gasteiger partial charge in [0.05, 0.1) is 25.9 Å². The fourth-order valence-corrected chi connectivity index (χ4v) is 4.60. The fourth-order valence-electron chi connectivity index (χ4n) is 3.34. The molecule has 0 bridgehead atoms. The molecular weight excluding hydrogens is 396 g/mol. The number of phosphoric ester groups is 1. The molecular formula is C21H27FNO5P. The van der Waals surface area contributed by atoms with E-state index in [4.69, 9.17) is 18.3 Å². The van der Waals surface area contributed by atoms with Gasteiger partial charge in [-0.15, -0.1) is 0 Å². The number of nitrogens with zero attached hydrogens (tertiary/aromatic N) is 1. The Morgan fingerprint density at radius 1 is 1.07 bits per heavy atom. The van der Waals surface area contributed by atoms with Gasteiger partial charge in [0.15, 0.2) is 6.29 Å². The molecule has 1 fully saturated rings. The zero-order chi connectivity index (χ0) is 20.7. The molecule has 8 heteroatoms. The van der Waals surface area contributed by atoms with Gasteiger partial charge in [-0.1, -0.05) is 42.5 Å². The SMILES string of the molecule is CCOP(=O)(OCC)O[C@@H]1OCCN(Cc2ccccc2)[C@H]1c1ccc(F)cc1. The van der Waals surface area contributed by atoms with Gasteiger partial charge in [0.1, 0.15) is 5.82 Å². The van der Waals surface area contributed by atoms with Crippen LogP contribution in [0, 0.1) is 5.82 Å². The van der Waals surface area contributed by atoms with Gasteiger partial charge < -0.3 is 4.74 Å². The summed E-state index contributed by atoms with van der Waals surface area (Å²) in [5.74, 6) is -0.327. The van der Waals surface area contributed by atoms with Crippen molar-refractivity contribution >= 4 is 7.82 Å². The molecule has 0 amide bonds. The van der Waals surface area contributed by atoms with Crippen LogP contribution in [0.5, 0.6) is 0 Å². The van der Waals surface area contributed by atoms with E-state index in [0.717, 1.165) is 11.1 Å². The van der Waals surface area contributed by atoms with Crippen molar-refractivity contribution in [3.8, 4) is 0 Å². The zero-order valence-corrected chi connectivity index (χ0v) is 17.6. The number of halogens is 1. The molecule has 0 aromatic heterocycles. The van der Waals surface area contributed by atoms with Crippen molar-refractivity contribution in [2.24, 2.45) is 0 Å². The van der Waals surface area contributed by atoms with E-state index < -0.39 is 20.2 Å². The first-order valence-electron chi connectivity index (χ1n) is 9.77. The maximum atomic E-state index is 13.5. The molecule has 1 aliphatic heterocycles. The second kappa shape index (κ2) is 10.4. The highest BCUT2D eigenvalue weighted by Gasteiger charge is 2.40. The van der Waals surface area contributed by atoms with Crippen LogP contribution in [0.25, 0.3) is 0 Å². The Morgan fingerprint density at radius 3 is 2.34 bits per heavy atom. The summed E-state index contributed by atoms with van der Waals surface area (Å²) < 4.78 is 48.6. The molecule has 158 valence electrons. The predicted octanol–water partition coefficient (Wildman–Crippen LogP) is 4.92. The van der Waals surface area contributed by atoms with Crippen LogP contribution in [-0.4, -0.2) is 37.6 Å².